The minimum atomic E-state index is -0.282. The summed E-state index contributed by atoms with van der Waals surface area (Å²) in [4.78, 5) is 12.6. The van der Waals surface area contributed by atoms with Crippen LogP contribution in [-0.4, -0.2) is 28.5 Å². The van der Waals surface area contributed by atoms with Gasteiger partial charge < -0.3 is 15.4 Å². The molecule has 0 spiro atoms. The quantitative estimate of drug-likeness (QED) is 0.524. The van der Waals surface area contributed by atoms with Crippen LogP contribution in [0.3, 0.4) is 0 Å². The Morgan fingerprint density at radius 1 is 1.17 bits per heavy atom. The molecule has 2 N–H and O–H groups in total. The number of nitrogens with one attached hydrogen (secondary N) is 2. The van der Waals surface area contributed by atoms with E-state index in [1.807, 2.05) is 37.3 Å². The van der Waals surface area contributed by atoms with Gasteiger partial charge >= 0.3 is 0 Å². The van der Waals surface area contributed by atoms with Crippen molar-refractivity contribution in [3.05, 3.63) is 53.6 Å². The Balaban J connectivity index is 1.36. The lowest BCUT2D eigenvalue weighted by atomic mass is 10.1. The number of aryl methyl sites for hydroxylation is 2. The van der Waals surface area contributed by atoms with Gasteiger partial charge in [0, 0.05) is 5.69 Å². The molecule has 4 rings (SSSR count). The molecule has 1 aromatic heterocycles. The van der Waals surface area contributed by atoms with Gasteiger partial charge in [0.2, 0.25) is 11.0 Å². The molecule has 0 bridgehead atoms. The highest BCUT2D eigenvalue weighted by atomic mass is 32.2. The summed E-state index contributed by atoms with van der Waals surface area (Å²) < 4.78 is 6.08. The highest BCUT2D eigenvalue weighted by Gasteiger charge is 2.19. The number of fused-ring (bicyclic) bond motifs is 1. The highest BCUT2D eigenvalue weighted by Crippen LogP contribution is 2.33. The molecule has 0 saturated carbocycles. The maximum Gasteiger partial charge on any atom is 0.237 e. The molecule has 150 valence electrons. The molecule has 1 heterocycles. The molecule has 2 aromatic carbocycles. The van der Waals surface area contributed by atoms with E-state index in [-0.39, 0.29) is 11.2 Å². The molecule has 0 radical (unpaired) electrons. The first-order valence-electron chi connectivity index (χ1n) is 9.45. The summed E-state index contributed by atoms with van der Waals surface area (Å²) in [6, 6.07) is 13.8. The number of anilines is 3. The molecule has 0 fully saturated rings. The first kappa shape index (κ1) is 19.7. The van der Waals surface area contributed by atoms with E-state index in [0.29, 0.717) is 5.13 Å². The lowest BCUT2D eigenvalue weighted by Crippen LogP contribution is -2.22. The van der Waals surface area contributed by atoms with Crippen LogP contribution in [0.4, 0.5) is 16.5 Å². The molecule has 8 heteroatoms. The Morgan fingerprint density at radius 3 is 2.86 bits per heavy atom. The molecule has 29 heavy (non-hydrogen) atoms. The van der Waals surface area contributed by atoms with Crippen LogP contribution in [-0.2, 0) is 17.6 Å². The van der Waals surface area contributed by atoms with Crippen molar-refractivity contribution in [3.8, 4) is 5.75 Å². The lowest BCUT2D eigenvalue weighted by Gasteiger charge is -2.11. The number of carbonyl (C=O) groups excluding carboxylic acids is 1. The van der Waals surface area contributed by atoms with Gasteiger partial charge in [0.05, 0.1) is 18.0 Å². The number of hydrogen-bond acceptors (Lipinski definition) is 7. The number of methoxy groups -OCH3 is 1. The lowest BCUT2D eigenvalue weighted by molar-refractivity contribution is -0.115. The van der Waals surface area contributed by atoms with E-state index in [9.17, 15) is 4.79 Å². The van der Waals surface area contributed by atoms with E-state index in [2.05, 4.69) is 33.0 Å². The SMILES string of the molecule is COc1ccccc1Nc1nnc(SC(C)C(=O)Nc2ccc3c(c2)CCC3)s1. The minimum absolute atomic E-state index is 0.0395. The Hall–Kier alpha value is -2.58. The topological polar surface area (TPSA) is 76.1 Å². The average molecular weight is 427 g/mol. The first-order valence-corrected chi connectivity index (χ1v) is 11.1. The van der Waals surface area contributed by atoms with Crippen LogP contribution in [0.2, 0.25) is 0 Å². The third kappa shape index (κ3) is 4.71. The van der Waals surface area contributed by atoms with Crippen LogP contribution in [0.1, 0.15) is 24.5 Å². The van der Waals surface area contributed by atoms with Crippen molar-refractivity contribution >= 4 is 45.5 Å². The molecule has 0 aliphatic heterocycles. The molecular weight excluding hydrogens is 404 g/mol. The number of rotatable bonds is 7. The van der Waals surface area contributed by atoms with E-state index in [1.165, 1.54) is 40.6 Å². The number of hydrogen-bond donors (Lipinski definition) is 2. The normalized spacial score (nSPS) is 13.6. The molecule has 3 aromatic rings. The molecular formula is C21H22N4O2S2. The Bertz CT molecular complexity index is 1020. The zero-order valence-electron chi connectivity index (χ0n) is 16.3. The fourth-order valence-corrected chi connectivity index (χ4v) is 5.18. The van der Waals surface area contributed by atoms with E-state index in [1.54, 1.807) is 7.11 Å². The number of para-hydroxylation sites is 2. The van der Waals surface area contributed by atoms with Crippen molar-refractivity contribution in [1.29, 1.82) is 0 Å². The summed E-state index contributed by atoms with van der Waals surface area (Å²) in [5.41, 5.74) is 4.43. The van der Waals surface area contributed by atoms with Crippen LogP contribution < -0.4 is 15.4 Å². The smallest absolute Gasteiger partial charge is 0.237 e. The predicted octanol–water partition coefficient (Wildman–Crippen LogP) is 4.90. The maximum absolute atomic E-state index is 12.6. The first-order chi connectivity index (χ1) is 14.1. The van der Waals surface area contributed by atoms with Crippen molar-refractivity contribution in [2.24, 2.45) is 0 Å². The standard InChI is InChI=1S/C21H22N4O2S2/c1-13(19(26)22-16-11-10-14-6-5-7-15(14)12-16)28-21-25-24-20(29-21)23-17-8-3-4-9-18(17)27-2/h3-4,8-13H,5-7H2,1-2H3,(H,22,26)(H,23,24). The van der Waals surface area contributed by atoms with Gasteiger partial charge in [-0.1, -0.05) is 41.3 Å². The van der Waals surface area contributed by atoms with Crippen LogP contribution in [0, 0.1) is 0 Å². The molecule has 1 atom stereocenters. The predicted molar refractivity (Wildman–Crippen MR) is 119 cm³/mol. The van der Waals surface area contributed by atoms with Crippen molar-refractivity contribution in [2.75, 3.05) is 17.7 Å². The fraction of sp³-hybridized carbons (Fsp3) is 0.286. The van der Waals surface area contributed by atoms with Crippen molar-refractivity contribution in [1.82, 2.24) is 10.2 Å². The minimum Gasteiger partial charge on any atom is -0.495 e. The van der Waals surface area contributed by atoms with Crippen molar-refractivity contribution in [2.45, 2.75) is 35.8 Å². The average Bonchev–Trinajstić information content (AvgIpc) is 3.37. The molecule has 1 aliphatic carbocycles. The second kappa shape index (κ2) is 8.84. The van der Waals surface area contributed by atoms with Gasteiger partial charge in [-0.05, 0) is 61.6 Å². The molecule has 6 nitrogen and oxygen atoms in total. The van der Waals surface area contributed by atoms with Crippen molar-refractivity contribution < 1.29 is 9.53 Å². The number of thioether (sulfide) groups is 1. The third-order valence-electron chi connectivity index (χ3n) is 4.77. The molecule has 1 amide bonds. The van der Waals surface area contributed by atoms with Gasteiger partial charge in [0.25, 0.3) is 0 Å². The van der Waals surface area contributed by atoms with E-state index in [0.717, 1.165) is 34.3 Å². The highest BCUT2D eigenvalue weighted by molar-refractivity contribution is 8.02. The van der Waals surface area contributed by atoms with Gasteiger partial charge in [0.15, 0.2) is 4.34 Å². The van der Waals surface area contributed by atoms with Gasteiger partial charge in [-0.25, -0.2) is 0 Å². The van der Waals surface area contributed by atoms with E-state index >= 15 is 0 Å². The number of ether oxygens (including phenoxy) is 1. The Labute approximate surface area is 178 Å². The number of benzene rings is 2. The Kier molecular flexibility index (Phi) is 6.01. The summed E-state index contributed by atoms with van der Waals surface area (Å²) in [5, 5.41) is 15.0. The third-order valence-corrected chi connectivity index (χ3v) is 6.79. The zero-order valence-corrected chi connectivity index (χ0v) is 17.9. The van der Waals surface area contributed by atoms with Gasteiger partial charge in [0.1, 0.15) is 5.75 Å². The summed E-state index contributed by atoms with van der Waals surface area (Å²) in [6.45, 7) is 1.88. The zero-order chi connectivity index (χ0) is 20.2. The van der Waals surface area contributed by atoms with Crippen LogP contribution in [0.25, 0.3) is 0 Å². The van der Waals surface area contributed by atoms with Gasteiger partial charge in [-0.15, -0.1) is 10.2 Å². The number of aromatic nitrogens is 2. The molecule has 0 saturated heterocycles. The largest absolute Gasteiger partial charge is 0.495 e. The summed E-state index contributed by atoms with van der Waals surface area (Å²) in [6.07, 6.45) is 3.43. The number of amides is 1. The second-order valence-electron chi connectivity index (χ2n) is 6.78. The number of carbonyl (C=O) groups is 1. The van der Waals surface area contributed by atoms with Gasteiger partial charge in [-0.2, -0.15) is 0 Å². The summed E-state index contributed by atoms with van der Waals surface area (Å²) in [7, 11) is 1.63. The maximum atomic E-state index is 12.6. The van der Waals surface area contributed by atoms with Crippen LogP contribution >= 0.6 is 23.1 Å². The summed E-state index contributed by atoms with van der Waals surface area (Å²) in [5.74, 6) is 0.696. The van der Waals surface area contributed by atoms with E-state index < -0.39 is 0 Å². The van der Waals surface area contributed by atoms with Crippen LogP contribution in [0.5, 0.6) is 5.75 Å². The van der Waals surface area contributed by atoms with E-state index in [4.69, 9.17) is 4.74 Å². The Morgan fingerprint density at radius 2 is 2.00 bits per heavy atom. The second-order valence-corrected chi connectivity index (χ2v) is 9.35. The fourth-order valence-electron chi connectivity index (χ4n) is 3.27. The molecule has 1 aliphatic rings. The van der Waals surface area contributed by atoms with Gasteiger partial charge in [-0.3, -0.25) is 4.79 Å². The summed E-state index contributed by atoms with van der Waals surface area (Å²) >= 11 is 2.81. The number of nitrogens with zero attached hydrogens (tertiary/aromatic N) is 2. The molecule has 1 unspecified atom stereocenters. The van der Waals surface area contributed by atoms with Crippen molar-refractivity contribution in [3.63, 3.8) is 0 Å². The monoisotopic (exact) mass is 426 g/mol. The van der Waals surface area contributed by atoms with Crippen LogP contribution in [0.15, 0.2) is 46.8 Å².